The molecule has 3 aromatic heterocycles. The Labute approximate surface area is 260 Å². The standard InChI is InChI=1S/C36H35N5O4/c1-19-23-8-11-29(19)41(17-23)35(42)24-13-28-32(31(15-24)44-3)39(2)34(38-28)30-14-22-7-10-27(37-33(22)40(30)16-20-4-5-20)21-6-9-26-25(12-21)18-45-36(26)43/h6-7,9-10,12-15,19-20,23,29H,4-5,8,11,16-18H2,1-3H3/t19-,23?,29?/m1/s1. The van der Waals surface area contributed by atoms with Gasteiger partial charge in [-0.25, -0.2) is 14.8 Å². The van der Waals surface area contributed by atoms with E-state index in [1.807, 2.05) is 43.4 Å². The molecule has 2 saturated carbocycles. The first-order valence-electron chi connectivity index (χ1n) is 16.0. The Bertz CT molecular complexity index is 2070. The molecular formula is C36H35N5O4. The van der Waals surface area contributed by atoms with Crippen LogP contribution < -0.4 is 4.74 Å². The molecule has 2 aliphatic heterocycles. The number of benzene rings is 2. The molecule has 0 spiro atoms. The van der Waals surface area contributed by atoms with Gasteiger partial charge in [0.1, 0.15) is 23.5 Å². The van der Waals surface area contributed by atoms with E-state index in [1.165, 1.54) is 19.3 Å². The molecule has 1 saturated heterocycles. The Hall–Kier alpha value is -4.66. The predicted molar refractivity (Wildman–Crippen MR) is 170 cm³/mol. The summed E-state index contributed by atoms with van der Waals surface area (Å²) in [5.74, 6) is 3.05. The first-order valence-corrected chi connectivity index (χ1v) is 16.0. The van der Waals surface area contributed by atoms with E-state index in [4.69, 9.17) is 19.4 Å². The molecule has 2 aromatic carbocycles. The summed E-state index contributed by atoms with van der Waals surface area (Å²) in [6, 6.07) is 16.3. The second-order valence-corrected chi connectivity index (χ2v) is 13.4. The van der Waals surface area contributed by atoms with Crippen LogP contribution in [0.1, 0.15) is 58.9 Å². The van der Waals surface area contributed by atoms with Crippen molar-refractivity contribution in [2.75, 3.05) is 13.7 Å². The molecule has 228 valence electrons. The zero-order valence-corrected chi connectivity index (χ0v) is 25.7. The zero-order valence-electron chi connectivity index (χ0n) is 25.7. The van der Waals surface area contributed by atoms with E-state index >= 15 is 0 Å². The van der Waals surface area contributed by atoms with Gasteiger partial charge in [-0.2, -0.15) is 0 Å². The number of esters is 1. The third kappa shape index (κ3) is 4.05. The van der Waals surface area contributed by atoms with Crippen LogP contribution in [-0.2, 0) is 24.9 Å². The first-order chi connectivity index (χ1) is 21.9. The zero-order chi connectivity index (χ0) is 30.6. The summed E-state index contributed by atoms with van der Waals surface area (Å²) in [6.07, 6.45) is 4.72. The SMILES string of the molecule is COc1cc(C(=O)N2CC3CCC2[C@@H]3C)cc2nc(-c3cc4ccc(-c5ccc6c(c5)COC6=O)nc4n3CC3CC3)n(C)c12. The number of pyridine rings is 1. The van der Waals surface area contributed by atoms with Crippen LogP contribution in [0.5, 0.6) is 5.75 Å². The number of likely N-dealkylation sites (tertiary alicyclic amines) is 1. The number of amides is 1. The average molecular weight is 602 g/mol. The fourth-order valence-electron chi connectivity index (χ4n) is 8.04. The van der Waals surface area contributed by atoms with Crippen LogP contribution >= 0.6 is 0 Å². The van der Waals surface area contributed by atoms with E-state index < -0.39 is 0 Å². The van der Waals surface area contributed by atoms with Gasteiger partial charge in [-0.3, -0.25) is 4.79 Å². The molecule has 0 N–H and O–H groups in total. The lowest BCUT2D eigenvalue weighted by Gasteiger charge is -2.27. The maximum Gasteiger partial charge on any atom is 0.338 e. The highest BCUT2D eigenvalue weighted by molar-refractivity contribution is 6.00. The number of methoxy groups -OCH3 is 1. The molecule has 9 heteroatoms. The van der Waals surface area contributed by atoms with Gasteiger partial charge in [0.05, 0.1) is 29.6 Å². The van der Waals surface area contributed by atoms with Gasteiger partial charge in [-0.15, -0.1) is 0 Å². The number of aromatic nitrogens is 4. The van der Waals surface area contributed by atoms with Crippen LogP contribution in [0, 0.1) is 17.8 Å². The molecule has 3 fully saturated rings. The number of hydrogen-bond acceptors (Lipinski definition) is 6. The van der Waals surface area contributed by atoms with Crippen molar-refractivity contribution in [2.24, 2.45) is 24.8 Å². The molecule has 5 heterocycles. The molecule has 3 atom stereocenters. The molecule has 2 bridgehead atoms. The summed E-state index contributed by atoms with van der Waals surface area (Å²) in [5.41, 5.74) is 7.49. The number of carbonyl (C=O) groups excluding carboxylic acids is 2. The molecule has 9 nitrogen and oxygen atoms in total. The first kappa shape index (κ1) is 26.7. The van der Waals surface area contributed by atoms with Crippen molar-refractivity contribution in [1.82, 2.24) is 24.0 Å². The van der Waals surface area contributed by atoms with Crippen LogP contribution in [0.25, 0.3) is 44.8 Å². The van der Waals surface area contributed by atoms with Crippen LogP contribution in [0.4, 0.5) is 0 Å². The number of nitrogens with zero attached hydrogens (tertiary/aromatic N) is 5. The minimum absolute atomic E-state index is 0.0727. The largest absolute Gasteiger partial charge is 0.494 e. The fourth-order valence-corrected chi connectivity index (χ4v) is 8.04. The Kier molecular flexibility index (Phi) is 5.74. The monoisotopic (exact) mass is 601 g/mol. The highest BCUT2D eigenvalue weighted by atomic mass is 16.5. The fraction of sp³-hybridized carbons (Fsp3) is 0.389. The second-order valence-electron chi connectivity index (χ2n) is 13.4. The lowest BCUT2D eigenvalue weighted by molar-refractivity contribution is 0.0534. The number of piperidine rings is 1. The lowest BCUT2D eigenvalue weighted by atomic mass is 10.0. The molecule has 0 radical (unpaired) electrons. The summed E-state index contributed by atoms with van der Waals surface area (Å²) in [4.78, 5) is 38.2. The molecular weight excluding hydrogens is 566 g/mol. The van der Waals surface area contributed by atoms with Crippen molar-refractivity contribution in [3.05, 3.63) is 65.2 Å². The molecule has 2 aliphatic carbocycles. The molecule has 4 aliphatic rings. The normalized spacial score (nSPS) is 22.1. The third-order valence-corrected chi connectivity index (χ3v) is 10.8. The number of rotatable bonds is 6. The van der Waals surface area contributed by atoms with E-state index in [0.29, 0.717) is 47.3 Å². The van der Waals surface area contributed by atoms with Gasteiger partial charge in [0.2, 0.25) is 0 Å². The van der Waals surface area contributed by atoms with Gasteiger partial charge < -0.3 is 23.5 Å². The van der Waals surface area contributed by atoms with Gasteiger partial charge in [0.25, 0.3) is 5.91 Å². The van der Waals surface area contributed by atoms with Crippen molar-refractivity contribution >= 4 is 33.9 Å². The molecule has 45 heavy (non-hydrogen) atoms. The molecule has 9 rings (SSSR count). The Balaban J connectivity index is 1.15. The summed E-state index contributed by atoms with van der Waals surface area (Å²) in [7, 11) is 3.67. The van der Waals surface area contributed by atoms with Crippen molar-refractivity contribution in [3.63, 3.8) is 0 Å². The van der Waals surface area contributed by atoms with Crippen molar-refractivity contribution in [2.45, 2.75) is 51.8 Å². The van der Waals surface area contributed by atoms with Crippen LogP contribution in [-0.4, -0.2) is 55.6 Å². The Morgan fingerprint density at radius 1 is 1.04 bits per heavy atom. The highest BCUT2D eigenvalue weighted by Crippen LogP contribution is 2.44. The number of carbonyl (C=O) groups is 2. The number of fused-ring (bicyclic) bond motifs is 5. The summed E-state index contributed by atoms with van der Waals surface area (Å²) < 4.78 is 15.5. The van der Waals surface area contributed by atoms with E-state index in [-0.39, 0.29) is 11.9 Å². The quantitative estimate of drug-likeness (QED) is 0.215. The second kappa shape index (κ2) is 9.67. The number of hydrogen-bond donors (Lipinski definition) is 0. The van der Waals surface area contributed by atoms with Gasteiger partial charge in [-0.05, 0) is 85.9 Å². The van der Waals surface area contributed by atoms with Gasteiger partial charge in [-0.1, -0.05) is 13.0 Å². The average Bonchev–Trinajstić information content (AvgIpc) is 3.26. The van der Waals surface area contributed by atoms with Crippen LogP contribution in [0.2, 0.25) is 0 Å². The third-order valence-electron chi connectivity index (χ3n) is 10.8. The van der Waals surface area contributed by atoms with E-state index in [0.717, 1.165) is 69.9 Å². The molecule has 2 unspecified atom stereocenters. The maximum absolute atomic E-state index is 13.8. The lowest BCUT2D eigenvalue weighted by Crippen LogP contribution is -2.38. The Morgan fingerprint density at radius 3 is 2.67 bits per heavy atom. The maximum atomic E-state index is 13.8. The molecule has 1 amide bonds. The predicted octanol–water partition coefficient (Wildman–Crippen LogP) is 6.22. The Morgan fingerprint density at radius 2 is 1.91 bits per heavy atom. The number of cyclic esters (lactones) is 1. The van der Waals surface area contributed by atoms with Crippen molar-refractivity contribution in [1.29, 1.82) is 0 Å². The van der Waals surface area contributed by atoms with E-state index in [2.05, 4.69) is 33.1 Å². The van der Waals surface area contributed by atoms with E-state index in [1.54, 1.807) is 7.11 Å². The van der Waals surface area contributed by atoms with Gasteiger partial charge >= 0.3 is 5.97 Å². The number of aryl methyl sites for hydroxylation is 1. The number of imidazole rings is 1. The van der Waals surface area contributed by atoms with Crippen LogP contribution in [0.15, 0.2) is 48.5 Å². The molecule has 5 aromatic rings. The summed E-state index contributed by atoms with van der Waals surface area (Å²) in [5, 5.41) is 1.04. The van der Waals surface area contributed by atoms with E-state index in [9.17, 15) is 9.59 Å². The minimum atomic E-state index is -0.267. The topological polar surface area (TPSA) is 91.5 Å². The summed E-state index contributed by atoms with van der Waals surface area (Å²) in [6.45, 7) is 4.29. The van der Waals surface area contributed by atoms with Crippen LogP contribution in [0.3, 0.4) is 0 Å². The smallest absolute Gasteiger partial charge is 0.338 e. The minimum Gasteiger partial charge on any atom is -0.494 e. The van der Waals surface area contributed by atoms with Gasteiger partial charge in [0.15, 0.2) is 5.82 Å². The number of ether oxygens (including phenoxy) is 2. The van der Waals surface area contributed by atoms with Crippen molar-refractivity contribution in [3.8, 4) is 28.5 Å². The summed E-state index contributed by atoms with van der Waals surface area (Å²) >= 11 is 0. The van der Waals surface area contributed by atoms with Crippen molar-refractivity contribution < 1.29 is 19.1 Å². The van der Waals surface area contributed by atoms with Gasteiger partial charge in [0, 0.05) is 48.3 Å². The highest BCUT2D eigenvalue weighted by Gasteiger charge is 2.46.